The first kappa shape index (κ1) is 20.3. The number of hydrogen-bond donors (Lipinski definition) is 3. The molecule has 0 saturated carbocycles. The van der Waals surface area contributed by atoms with Gasteiger partial charge in [-0.3, -0.25) is 25.8 Å². The van der Waals surface area contributed by atoms with Crippen LogP contribution >= 0.6 is 46.8 Å². The summed E-state index contributed by atoms with van der Waals surface area (Å²) in [6, 6.07) is 14.0. The summed E-state index contributed by atoms with van der Waals surface area (Å²) in [5.41, 5.74) is 4.78. The lowest BCUT2D eigenvalue weighted by molar-refractivity contribution is -0.123. The van der Waals surface area contributed by atoms with Crippen molar-refractivity contribution in [3.8, 4) is 5.75 Å². The molecule has 2 amide bonds. The molecule has 1 aromatic heterocycles. The molecule has 1 heterocycles. The fourth-order valence-corrected chi connectivity index (χ4v) is 3.88. The fourth-order valence-electron chi connectivity index (χ4n) is 2.19. The minimum Gasteiger partial charge on any atom is -0.484 e. The highest BCUT2D eigenvalue weighted by Crippen LogP contribution is 2.34. The smallest absolute Gasteiger partial charge is 0.276 e. The van der Waals surface area contributed by atoms with Crippen LogP contribution in [0.5, 0.6) is 5.75 Å². The zero-order valence-corrected chi connectivity index (χ0v) is 17.3. The molecule has 3 rings (SSSR count). The zero-order valence-electron chi connectivity index (χ0n) is 14.1. The highest BCUT2D eigenvalue weighted by Gasteiger charge is 2.18. The molecular weight excluding hydrogens is 441 g/mol. The molecule has 3 N–H and O–H groups in total. The third-order valence-corrected chi connectivity index (χ3v) is 5.60. The molecule has 6 nitrogen and oxygen atoms in total. The van der Waals surface area contributed by atoms with E-state index in [9.17, 15) is 9.59 Å². The lowest BCUT2D eigenvalue weighted by Crippen LogP contribution is -2.49. The van der Waals surface area contributed by atoms with Crippen molar-refractivity contribution in [2.45, 2.75) is 0 Å². The number of ether oxygens (including phenoxy) is 1. The Balaban J connectivity index is 1.48. The van der Waals surface area contributed by atoms with Crippen LogP contribution in [-0.2, 0) is 4.79 Å². The predicted molar refractivity (Wildman–Crippen MR) is 115 cm³/mol. The maximum Gasteiger partial charge on any atom is 0.276 e. The normalized spacial score (nSPS) is 10.4. The lowest BCUT2D eigenvalue weighted by Gasteiger charge is -2.11. The molecule has 0 bridgehead atoms. The topological polar surface area (TPSA) is 79.5 Å². The molecule has 0 aliphatic heterocycles. The Kier molecular flexibility index (Phi) is 6.69. The molecule has 3 aromatic rings. The van der Waals surface area contributed by atoms with E-state index >= 15 is 0 Å². The number of thiocarbonyl (C=S) groups is 1. The summed E-state index contributed by atoms with van der Waals surface area (Å²) in [5, 5.41) is 4.13. The van der Waals surface area contributed by atoms with Gasteiger partial charge >= 0.3 is 0 Å². The second-order valence-electron chi connectivity index (χ2n) is 5.44. The first-order valence-corrected chi connectivity index (χ1v) is 9.87. The minimum absolute atomic E-state index is 0.0710. The van der Waals surface area contributed by atoms with Crippen LogP contribution in [0.1, 0.15) is 9.67 Å². The van der Waals surface area contributed by atoms with Gasteiger partial charge in [-0.15, -0.1) is 11.3 Å². The van der Waals surface area contributed by atoms with Gasteiger partial charge < -0.3 is 4.74 Å². The van der Waals surface area contributed by atoms with E-state index in [4.69, 9.17) is 40.2 Å². The van der Waals surface area contributed by atoms with Gasteiger partial charge in [0.1, 0.15) is 10.6 Å². The molecule has 28 heavy (non-hydrogen) atoms. The predicted octanol–water partition coefficient (Wildman–Crippen LogP) is 3.92. The van der Waals surface area contributed by atoms with E-state index in [2.05, 4.69) is 16.2 Å². The third-order valence-electron chi connectivity index (χ3n) is 3.47. The number of rotatable bonds is 4. The maximum absolute atomic E-state index is 12.4. The number of hydrazine groups is 1. The van der Waals surface area contributed by atoms with E-state index in [1.54, 1.807) is 24.3 Å². The molecule has 0 radical (unpaired) electrons. The number of thiophene rings is 1. The van der Waals surface area contributed by atoms with Gasteiger partial charge in [0.15, 0.2) is 11.7 Å². The highest BCUT2D eigenvalue weighted by atomic mass is 35.5. The largest absolute Gasteiger partial charge is 0.484 e. The summed E-state index contributed by atoms with van der Waals surface area (Å²) in [7, 11) is 0. The fraction of sp³-hybridized carbons (Fsp3) is 0.0556. The summed E-state index contributed by atoms with van der Waals surface area (Å²) in [6.07, 6.45) is 0. The van der Waals surface area contributed by atoms with E-state index in [0.29, 0.717) is 20.7 Å². The SMILES string of the molecule is O=C(COc1ccc(Cl)cc1)NNC(=S)NC(=O)c1sc2ccccc2c1Cl. The quantitative estimate of drug-likeness (QED) is 0.412. The summed E-state index contributed by atoms with van der Waals surface area (Å²) in [4.78, 5) is 24.5. The molecule has 0 aliphatic rings. The van der Waals surface area contributed by atoms with Crippen LogP contribution in [0.25, 0.3) is 10.1 Å². The average molecular weight is 454 g/mol. The minimum atomic E-state index is -0.480. The molecule has 0 spiro atoms. The van der Waals surface area contributed by atoms with Crippen LogP contribution < -0.4 is 20.9 Å². The summed E-state index contributed by atoms with van der Waals surface area (Å²) in [6.45, 7) is -0.243. The highest BCUT2D eigenvalue weighted by molar-refractivity contribution is 7.80. The van der Waals surface area contributed by atoms with Gasteiger partial charge in [0, 0.05) is 15.1 Å². The van der Waals surface area contributed by atoms with Crippen LogP contribution in [0.3, 0.4) is 0 Å². The van der Waals surface area contributed by atoms with E-state index in [1.165, 1.54) is 11.3 Å². The van der Waals surface area contributed by atoms with Crippen molar-refractivity contribution < 1.29 is 14.3 Å². The number of fused-ring (bicyclic) bond motifs is 1. The molecule has 0 saturated heterocycles. The van der Waals surface area contributed by atoms with Crippen LogP contribution in [0.2, 0.25) is 10.0 Å². The molecule has 0 atom stereocenters. The Morgan fingerprint density at radius 3 is 2.46 bits per heavy atom. The third kappa shape index (κ3) is 5.11. The molecular formula is C18H13Cl2N3O3S2. The Hall–Kier alpha value is -2.39. The molecule has 144 valence electrons. The number of nitrogens with one attached hydrogen (secondary N) is 3. The van der Waals surface area contributed by atoms with Gasteiger partial charge in [-0.25, -0.2) is 0 Å². The van der Waals surface area contributed by atoms with E-state index in [0.717, 1.165) is 10.1 Å². The first-order chi connectivity index (χ1) is 13.4. The second-order valence-corrected chi connectivity index (χ2v) is 7.72. The van der Waals surface area contributed by atoms with Gasteiger partial charge in [-0.1, -0.05) is 41.4 Å². The Morgan fingerprint density at radius 1 is 1.04 bits per heavy atom. The van der Waals surface area contributed by atoms with Crippen LogP contribution in [-0.4, -0.2) is 23.5 Å². The van der Waals surface area contributed by atoms with Crippen molar-refractivity contribution >= 4 is 73.8 Å². The van der Waals surface area contributed by atoms with Crippen molar-refractivity contribution in [2.75, 3.05) is 6.61 Å². The van der Waals surface area contributed by atoms with Crippen LogP contribution in [0.15, 0.2) is 48.5 Å². The average Bonchev–Trinajstić information content (AvgIpc) is 3.03. The first-order valence-electron chi connectivity index (χ1n) is 7.89. The van der Waals surface area contributed by atoms with E-state index in [1.807, 2.05) is 24.3 Å². The van der Waals surface area contributed by atoms with Gasteiger partial charge in [0.25, 0.3) is 11.8 Å². The molecule has 10 heteroatoms. The Labute approximate surface area is 179 Å². The molecule has 0 unspecified atom stereocenters. The number of hydrogen-bond acceptors (Lipinski definition) is 5. The van der Waals surface area contributed by atoms with Gasteiger partial charge in [-0.05, 0) is 42.5 Å². The number of carbonyl (C=O) groups is 2. The maximum atomic E-state index is 12.4. The van der Waals surface area contributed by atoms with Crippen molar-refractivity contribution in [3.63, 3.8) is 0 Å². The van der Waals surface area contributed by atoms with Gasteiger partial charge in [0.2, 0.25) is 0 Å². The van der Waals surface area contributed by atoms with Crippen molar-refractivity contribution in [3.05, 3.63) is 63.5 Å². The van der Waals surface area contributed by atoms with Crippen LogP contribution in [0.4, 0.5) is 0 Å². The summed E-state index contributed by atoms with van der Waals surface area (Å²) in [5.74, 6) is -0.448. The van der Waals surface area contributed by atoms with E-state index in [-0.39, 0.29) is 11.7 Å². The van der Waals surface area contributed by atoms with Gasteiger partial charge in [-0.2, -0.15) is 0 Å². The van der Waals surface area contributed by atoms with Crippen molar-refractivity contribution in [2.24, 2.45) is 0 Å². The summed E-state index contributed by atoms with van der Waals surface area (Å²) >= 11 is 18.3. The number of carbonyl (C=O) groups excluding carboxylic acids is 2. The van der Waals surface area contributed by atoms with E-state index < -0.39 is 11.8 Å². The zero-order chi connectivity index (χ0) is 20.1. The standard InChI is InChI=1S/C18H13Cl2N3O3S2/c19-10-5-7-11(8-6-10)26-9-14(24)22-23-18(27)21-17(25)16-15(20)12-3-1-2-4-13(12)28-16/h1-8H,9H2,(H,22,24)(H2,21,23,25,27). The Morgan fingerprint density at radius 2 is 1.75 bits per heavy atom. The second kappa shape index (κ2) is 9.20. The monoisotopic (exact) mass is 453 g/mol. The van der Waals surface area contributed by atoms with Crippen LogP contribution in [0, 0.1) is 0 Å². The van der Waals surface area contributed by atoms with Crippen molar-refractivity contribution in [1.29, 1.82) is 0 Å². The number of amides is 2. The number of benzene rings is 2. The Bertz CT molecular complexity index is 1040. The molecule has 0 fully saturated rings. The van der Waals surface area contributed by atoms with Crippen molar-refractivity contribution in [1.82, 2.24) is 16.2 Å². The summed E-state index contributed by atoms with van der Waals surface area (Å²) < 4.78 is 6.19. The molecule has 2 aromatic carbocycles. The van der Waals surface area contributed by atoms with Gasteiger partial charge in [0.05, 0.1) is 5.02 Å². The molecule has 0 aliphatic carbocycles. The number of halogens is 2. The lowest BCUT2D eigenvalue weighted by atomic mass is 10.2.